The Morgan fingerprint density at radius 1 is 1.05 bits per heavy atom. The van der Waals surface area contributed by atoms with Gasteiger partial charge in [-0.05, 0) is 57.2 Å². The summed E-state index contributed by atoms with van der Waals surface area (Å²) in [6.07, 6.45) is 6.54. The van der Waals surface area contributed by atoms with E-state index in [-0.39, 0.29) is 0 Å². The first-order chi connectivity index (χ1) is 9.42. The van der Waals surface area contributed by atoms with E-state index in [1.54, 1.807) is 0 Å². The molecule has 2 saturated heterocycles. The minimum Gasteiger partial charge on any atom is -0.303 e. The van der Waals surface area contributed by atoms with Crippen LogP contribution >= 0.6 is 0 Å². The van der Waals surface area contributed by atoms with Gasteiger partial charge in [0.2, 0.25) is 0 Å². The van der Waals surface area contributed by atoms with Gasteiger partial charge in [0.1, 0.15) is 9.84 Å². The molecule has 0 spiro atoms. The molecule has 0 aromatic carbocycles. The highest BCUT2D eigenvalue weighted by molar-refractivity contribution is 7.90. The molecule has 2 fully saturated rings. The Morgan fingerprint density at radius 2 is 1.75 bits per heavy atom. The zero-order valence-corrected chi connectivity index (χ0v) is 13.9. The third-order valence-electron chi connectivity index (χ3n) is 4.77. The fourth-order valence-electron chi connectivity index (χ4n) is 3.41. The number of piperidine rings is 2. The summed E-state index contributed by atoms with van der Waals surface area (Å²) in [5.41, 5.74) is 0. The zero-order valence-electron chi connectivity index (χ0n) is 13.1. The largest absolute Gasteiger partial charge is 0.303 e. The second-order valence-electron chi connectivity index (χ2n) is 6.92. The molecule has 118 valence electrons. The van der Waals surface area contributed by atoms with Gasteiger partial charge in [-0.25, -0.2) is 8.42 Å². The van der Waals surface area contributed by atoms with Crippen LogP contribution < -0.4 is 0 Å². The molecule has 1 unspecified atom stereocenters. The Hall–Kier alpha value is -0.130. The number of nitrogens with zero attached hydrogens (tertiary/aromatic N) is 2. The van der Waals surface area contributed by atoms with Crippen molar-refractivity contribution < 1.29 is 8.42 Å². The van der Waals surface area contributed by atoms with Crippen molar-refractivity contribution in [1.82, 2.24) is 9.80 Å². The van der Waals surface area contributed by atoms with Gasteiger partial charge in [0.15, 0.2) is 0 Å². The summed E-state index contributed by atoms with van der Waals surface area (Å²) in [4.78, 5) is 4.96. The van der Waals surface area contributed by atoms with Gasteiger partial charge in [0.25, 0.3) is 0 Å². The van der Waals surface area contributed by atoms with Crippen molar-refractivity contribution in [1.29, 1.82) is 0 Å². The minimum atomic E-state index is -2.83. The van der Waals surface area contributed by atoms with Gasteiger partial charge in [-0.15, -0.1) is 0 Å². The average molecular weight is 302 g/mol. The van der Waals surface area contributed by atoms with Gasteiger partial charge in [0, 0.05) is 25.9 Å². The lowest BCUT2D eigenvalue weighted by molar-refractivity contribution is 0.115. The van der Waals surface area contributed by atoms with E-state index < -0.39 is 9.84 Å². The molecule has 0 N–H and O–H groups in total. The topological polar surface area (TPSA) is 40.6 Å². The summed E-state index contributed by atoms with van der Waals surface area (Å²) in [7, 11) is -2.83. The van der Waals surface area contributed by atoms with Crippen molar-refractivity contribution >= 4 is 9.84 Å². The summed E-state index contributed by atoms with van der Waals surface area (Å²) in [5, 5.41) is 0. The van der Waals surface area contributed by atoms with Crippen LogP contribution in [0.4, 0.5) is 0 Å². The third kappa shape index (κ3) is 5.70. The van der Waals surface area contributed by atoms with Crippen molar-refractivity contribution in [3.63, 3.8) is 0 Å². The van der Waals surface area contributed by atoms with E-state index in [4.69, 9.17) is 0 Å². The van der Waals surface area contributed by atoms with Crippen LogP contribution in [-0.4, -0.2) is 69.5 Å². The average Bonchev–Trinajstić information content (AvgIpc) is 2.39. The maximum atomic E-state index is 11.3. The summed E-state index contributed by atoms with van der Waals surface area (Å²) in [5.74, 6) is 1.93. The van der Waals surface area contributed by atoms with Gasteiger partial charge < -0.3 is 9.80 Å². The molecule has 0 radical (unpaired) electrons. The molecule has 0 aromatic rings. The first kappa shape index (κ1) is 16.2. The normalized spacial score (nSPS) is 27.8. The molecule has 1 atom stereocenters. The number of rotatable bonds is 5. The third-order valence-corrected chi connectivity index (χ3v) is 5.70. The van der Waals surface area contributed by atoms with Crippen molar-refractivity contribution in [3.05, 3.63) is 0 Å². The smallest absolute Gasteiger partial charge is 0.148 e. The highest BCUT2D eigenvalue weighted by atomic mass is 32.2. The maximum absolute atomic E-state index is 11.3. The van der Waals surface area contributed by atoms with Crippen LogP contribution in [0.3, 0.4) is 0 Å². The van der Waals surface area contributed by atoms with Crippen LogP contribution in [0.25, 0.3) is 0 Å². The Labute approximate surface area is 124 Å². The predicted octanol–water partition coefficient (Wildman–Crippen LogP) is 1.47. The fourth-order valence-corrected chi connectivity index (χ4v) is 4.00. The lowest BCUT2D eigenvalue weighted by Gasteiger charge is -2.37. The molecule has 0 saturated carbocycles. The zero-order chi connectivity index (χ0) is 14.6. The lowest BCUT2D eigenvalue weighted by Crippen LogP contribution is -2.44. The van der Waals surface area contributed by atoms with E-state index >= 15 is 0 Å². The minimum absolute atomic E-state index is 0.306. The Morgan fingerprint density at radius 3 is 2.40 bits per heavy atom. The molecule has 20 heavy (non-hydrogen) atoms. The molecule has 2 heterocycles. The fraction of sp³-hybridized carbons (Fsp3) is 1.00. The molecule has 2 aliphatic heterocycles. The molecule has 5 heteroatoms. The molecule has 0 amide bonds. The highest BCUT2D eigenvalue weighted by Gasteiger charge is 2.24. The van der Waals surface area contributed by atoms with Crippen LogP contribution in [0.5, 0.6) is 0 Å². The molecule has 0 aromatic heterocycles. The van der Waals surface area contributed by atoms with Crippen molar-refractivity contribution in [2.24, 2.45) is 11.8 Å². The summed E-state index contributed by atoms with van der Waals surface area (Å²) in [6.45, 7) is 8.94. The number of hydrogen-bond acceptors (Lipinski definition) is 4. The van der Waals surface area contributed by atoms with E-state index in [1.165, 1.54) is 51.6 Å². The van der Waals surface area contributed by atoms with Crippen molar-refractivity contribution in [3.8, 4) is 0 Å². The van der Waals surface area contributed by atoms with Gasteiger partial charge in [0.05, 0.1) is 5.75 Å². The van der Waals surface area contributed by atoms with Crippen molar-refractivity contribution in [2.45, 2.75) is 32.6 Å². The maximum Gasteiger partial charge on any atom is 0.148 e. The summed E-state index contributed by atoms with van der Waals surface area (Å²) >= 11 is 0. The monoisotopic (exact) mass is 302 g/mol. The SMILES string of the molecule is CC1CCN(CC2CCCN(CCS(C)(=O)=O)C2)CC1. The molecule has 0 aliphatic carbocycles. The highest BCUT2D eigenvalue weighted by Crippen LogP contribution is 2.21. The molecule has 2 aliphatic rings. The second kappa shape index (κ2) is 7.23. The van der Waals surface area contributed by atoms with E-state index in [9.17, 15) is 8.42 Å². The number of hydrogen-bond donors (Lipinski definition) is 0. The number of sulfone groups is 1. The van der Waals surface area contributed by atoms with Crippen LogP contribution in [0.2, 0.25) is 0 Å². The second-order valence-corrected chi connectivity index (χ2v) is 9.18. The van der Waals surface area contributed by atoms with E-state index in [0.717, 1.165) is 24.9 Å². The van der Waals surface area contributed by atoms with Crippen molar-refractivity contribution in [2.75, 3.05) is 51.3 Å². The first-order valence-corrected chi connectivity index (χ1v) is 10.1. The Bertz CT molecular complexity index is 389. The van der Waals surface area contributed by atoms with Crippen LogP contribution in [0.1, 0.15) is 32.6 Å². The lowest BCUT2D eigenvalue weighted by atomic mass is 9.94. The van der Waals surface area contributed by atoms with Gasteiger partial charge >= 0.3 is 0 Å². The Kier molecular flexibility index (Phi) is 5.87. The van der Waals surface area contributed by atoms with Gasteiger partial charge in [-0.2, -0.15) is 0 Å². The predicted molar refractivity (Wildman–Crippen MR) is 83.7 cm³/mol. The number of likely N-dealkylation sites (tertiary alicyclic amines) is 2. The molecule has 2 rings (SSSR count). The van der Waals surface area contributed by atoms with E-state index in [1.807, 2.05) is 0 Å². The van der Waals surface area contributed by atoms with Crippen LogP contribution in [0, 0.1) is 11.8 Å². The summed E-state index contributed by atoms with van der Waals surface area (Å²) in [6, 6.07) is 0. The van der Waals surface area contributed by atoms with E-state index in [0.29, 0.717) is 12.3 Å². The van der Waals surface area contributed by atoms with Crippen LogP contribution in [-0.2, 0) is 9.84 Å². The standard InChI is InChI=1S/C15H30N2O2S/c1-14-5-8-17(9-6-14)13-15-4-3-7-16(12-15)10-11-20(2,18)19/h14-15H,3-13H2,1-2H3. The molecular weight excluding hydrogens is 272 g/mol. The molecular formula is C15H30N2O2S. The van der Waals surface area contributed by atoms with Crippen LogP contribution in [0.15, 0.2) is 0 Å². The van der Waals surface area contributed by atoms with Gasteiger partial charge in [-0.1, -0.05) is 6.92 Å². The summed E-state index contributed by atoms with van der Waals surface area (Å²) < 4.78 is 22.5. The van der Waals surface area contributed by atoms with E-state index in [2.05, 4.69) is 16.7 Å². The first-order valence-electron chi connectivity index (χ1n) is 8.05. The quantitative estimate of drug-likeness (QED) is 0.771. The molecule has 0 bridgehead atoms. The molecule has 4 nitrogen and oxygen atoms in total. The van der Waals surface area contributed by atoms with Gasteiger partial charge in [-0.3, -0.25) is 0 Å². The Balaban J connectivity index is 1.73.